The predicted octanol–water partition coefficient (Wildman–Crippen LogP) is 4.06. The quantitative estimate of drug-likeness (QED) is 0.718. The van der Waals surface area contributed by atoms with Gasteiger partial charge in [-0.3, -0.25) is 9.78 Å². The molecule has 0 spiro atoms. The number of rotatable bonds is 3. The molecule has 0 aliphatic carbocycles. The van der Waals surface area contributed by atoms with Crippen LogP contribution in [0.25, 0.3) is 17.4 Å². The summed E-state index contributed by atoms with van der Waals surface area (Å²) in [5, 5.41) is 3.95. The molecule has 0 bridgehead atoms. The minimum Gasteiger partial charge on any atom is -0.355 e. The van der Waals surface area contributed by atoms with Gasteiger partial charge in [-0.1, -0.05) is 47.1 Å². The summed E-state index contributed by atoms with van der Waals surface area (Å²) in [6, 6.07) is 15.6. The first-order valence-corrected chi connectivity index (χ1v) is 8.70. The molecule has 0 unspecified atom stereocenters. The second kappa shape index (κ2) is 7.35. The van der Waals surface area contributed by atoms with Crippen LogP contribution in [0.4, 0.5) is 0 Å². The fourth-order valence-corrected chi connectivity index (χ4v) is 3.12. The van der Waals surface area contributed by atoms with Gasteiger partial charge in [-0.2, -0.15) is 0 Å². The molecule has 1 fully saturated rings. The van der Waals surface area contributed by atoms with Gasteiger partial charge in [0, 0.05) is 37.1 Å². The van der Waals surface area contributed by atoms with Gasteiger partial charge in [-0.15, -0.1) is 0 Å². The summed E-state index contributed by atoms with van der Waals surface area (Å²) in [6.45, 7) is 1.41. The molecule has 0 radical (unpaired) electrons. The molecule has 3 heterocycles. The molecule has 0 atom stereocenters. The number of aromatic nitrogens is 2. The molecule has 26 heavy (non-hydrogen) atoms. The maximum Gasteiger partial charge on any atom is 0.276 e. The Kier molecular flexibility index (Phi) is 4.60. The number of nitrogens with zero attached hydrogens (tertiary/aromatic N) is 3. The van der Waals surface area contributed by atoms with E-state index < -0.39 is 0 Å². The number of likely N-dealkylation sites (tertiary alicyclic amines) is 1. The molecular weight excluding hydrogens is 326 g/mol. The highest BCUT2D eigenvalue weighted by atomic mass is 16.5. The fourth-order valence-electron chi connectivity index (χ4n) is 3.12. The van der Waals surface area contributed by atoms with Crippen LogP contribution in [0, 0.1) is 0 Å². The molecule has 0 saturated carbocycles. The van der Waals surface area contributed by atoms with Crippen LogP contribution in [-0.2, 0) is 0 Å². The molecule has 5 heteroatoms. The molecule has 1 amide bonds. The largest absolute Gasteiger partial charge is 0.355 e. The molecule has 1 saturated heterocycles. The highest BCUT2D eigenvalue weighted by molar-refractivity contribution is 5.93. The average molecular weight is 345 g/mol. The van der Waals surface area contributed by atoms with Crippen molar-refractivity contribution < 1.29 is 9.32 Å². The fraction of sp³-hybridized carbons (Fsp3) is 0.190. The van der Waals surface area contributed by atoms with E-state index >= 15 is 0 Å². The third-order valence-electron chi connectivity index (χ3n) is 4.56. The summed E-state index contributed by atoms with van der Waals surface area (Å²) in [5.74, 6) is 0.505. The van der Waals surface area contributed by atoms with Crippen molar-refractivity contribution in [1.29, 1.82) is 0 Å². The zero-order valence-electron chi connectivity index (χ0n) is 14.3. The Morgan fingerprint density at radius 3 is 2.50 bits per heavy atom. The number of carbonyl (C=O) groups is 1. The highest BCUT2D eigenvalue weighted by Gasteiger charge is 2.23. The second-order valence-corrected chi connectivity index (χ2v) is 6.32. The van der Waals surface area contributed by atoms with Gasteiger partial charge in [-0.05, 0) is 30.5 Å². The number of pyridine rings is 1. The Morgan fingerprint density at radius 2 is 1.77 bits per heavy atom. The molecule has 1 aromatic carbocycles. The lowest BCUT2D eigenvalue weighted by molar-refractivity contribution is 0.0733. The van der Waals surface area contributed by atoms with E-state index in [1.807, 2.05) is 35.2 Å². The molecule has 3 aromatic rings. The van der Waals surface area contributed by atoms with Crippen molar-refractivity contribution in [3.63, 3.8) is 0 Å². The zero-order valence-corrected chi connectivity index (χ0v) is 14.3. The minimum absolute atomic E-state index is 0.0761. The molecular formula is C21H19N3O2. The molecule has 1 aliphatic rings. The molecule has 0 N–H and O–H groups in total. The average Bonchev–Trinajstić information content (AvgIpc) is 3.20. The Hall–Kier alpha value is -3.21. The van der Waals surface area contributed by atoms with Crippen molar-refractivity contribution in [1.82, 2.24) is 15.0 Å². The van der Waals surface area contributed by atoms with E-state index in [0.717, 1.165) is 18.4 Å². The lowest BCUT2D eigenvalue weighted by Crippen LogP contribution is -2.36. The van der Waals surface area contributed by atoms with Gasteiger partial charge in [0.25, 0.3) is 5.91 Å². The molecule has 2 aromatic heterocycles. The Labute approximate surface area is 152 Å². The van der Waals surface area contributed by atoms with Gasteiger partial charge in [0.1, 0.15) is 0 Å². The molecule has 130 valence electrons. The van der Waals surface area contributed by atoms with Crippen LogP contribution in [0.15, 0.2) is 71.0 Å². The predicted molar refractivity (Wildman–Crippen MR) is 99.3 cm³/mol. The first kappa shape index (κ1) is 16.3. The van der Waals surface area contributed by atoms with Crippen LogP contribution in [0.2, 0.25) is 0 Å². The number of hydrogen-bond acceptors (Lipinski definition) is 4. The molecule has 4 rings (SSSR count). The zero-order chi connectivity index (χ0) is 17.8. The SMILES string of the molecule is O=C(c1cc(-c2ccncc2)on1)N1CCC(=Cc2ccccc2)CC1. The van der Waals surface area contributed by atoms with Gasteiger partial charge in [-0.25, -0.2) is 0 Å². The maximum atomic E-state index is 12.7. The Balaban J connectivity index is 1.41. The third kappa shape index (κ3) is 3.57. The number of carbonyl (C=O) groups excluding carboxylic acids is 1. The molecule has 1 aliphatic heterocycles. The number of amides is 1. The first-order valence-electron chi connectivity index (χ1n) is 8.70. The number of piperidine rings is 1. The minimum atomic E-state index is -0.0761. The van der Waals surface area contributed by atoms with Crippen LogP contribution in [0.1, 0.15) is 28.9 Å². The van der Waals surface area contributed by atoms with Crippen LogP contribution >= 0.6 is 0 Å². The second-order valence-electron chi connectivity index (χ2n) is 6.32. The van der Waals surface area contributed by atoms with Gasteiger partial charge >= 0.3 is 0 Å². The standard InChI is InChI=1S/C21H19N3O2/c25-21(19-15-20(26-23-19)18-6-10-22-11-7-18)24-12-8-17(9-13-24)14-16-4-2-1-3-5-16/h1-7,10-11,14-15H,8-9,12-13H2. The van der Waals surface area contributed by atoms with Crippen molar-refractivity contribution in [3.8, 4) is 11.3 Å². The van der Waals surface area contributed by atoms with E-state index in [1.54, 1.807) is 18.5 Å². The number of benzene rings is 1. The van der Waals surface area contributed by atoms with Crippen molar-refractivity contribution in [2.75, 3.05) is 13.1 Å². The molecule has 5 nitrogen and oxygen atoms in total. The topological polar surface area (TPSA) is 59.2 Å². The van der Waals surface area contributed by atoms with E-state index in [2.05, 4.69) is 28.3 Å². The van der Waals surface area contributed by atoms with E-state index in [0.29, 0.717) is 24.5 Å². The lowest BCUT2D eigenvalue weighted by Gasteiger charge is -2.27. The van der Waals surface area contributed by atoms with Crippen LogP contribution in [0.5, 0.6) is 0 Å². The van der Waals surface area contributed by atoms with Crippen LogP contribution < -0.4 is 0 Å². The normalized spacial score (nSPS) is 14.3. The Morgan fingerprint density at radius 1 is 1.04 bits per heavy atom. The van der Waals surface area contributed by atoms with E-state index in [9.17, 15) is 4.79 Å². The van der Waals surface area contributed by atoms with Crippen molar-refractivity contribution in [2.24, 2.45) is 0 Å². The summed E-state index contributed by atoms with van der Waals surface area (Å²) in [6.07, 6.45) is 7.36. The Bertz CT molecular complexity index is 907. The van der Waals surface area contributed by atoms with Gasteiger partial charge in [0.2, 0.25) is 0 Å². The summed E-state index contributed by atoms with van der Waals surface area (Å²) in [5.41, 5.74) is 3.80. The van der Waals surface area contributed by atoms with E-state index in [4.69, 9.17) is 4.52 Å². The smallest absolute Gasteiger partial charge is 0.276 e. The van der Waals surface area contributed by atoms with Gasteiger partial charge in [0.15, 0.2) is 11.5 Å². The third-order valence-corrected chi connectivity index (χ3v) is 4.56. The van der Waals surface area contributed by atoms with E-state index in [-0.39, 0.29) is 5.91 Å². The lowest BCUT2D eigenvalue weighted by atomic mass is 10.0. The highest BCUT2D eigenvalue weighted by Crippen LogP contribution is 2.23. The first-order chi connectivity index (χ1) is 12.8. The summed E-state index contributed by atoms with van der Waals surface area (Å²) in [7, 11) is 0. The maximum absolute atomic E-state index is 12.7. The summed E-state index contributed by atoms with van der Waals surface area (Å²) >= 11 is 0. The van der Waals surface area contributed by atoms with Gasteiger partial charge < -0.3 is 9.42 Å². The summed E-state index contributed by atoms with van der Waals surface area (Å²) < 4.78 is 5.33. The van der Waals surface area contributed by atoms with Crippen molar-refractivity contribution >= 4 is 12.0 Å². The van der Waals surface area contributed by atoms with Crippen molar-refractivity contribution in [3.05, 3.63) is 77.8 Å². The van der Waals surface area contributed by atoms with Crippen LogP contribution in [-0.4, -0.2) is 34.0 Å². The van der Waals surface area contributed by atoms with Crippen LogP contribution in [0.3, 0.4) is 0 Å². The van der Waals surface area contributed by atoms with Crippen molar-refractivity contribution in [2.45, 2.75) is 12.8 Å². The van der Waals surface area contributed by atoms with E-state index in [1.165, 1.54) is 11.1 Å². The monoisotopic (exact) mass is 345 g/mol. The van der Waals surface area contributed by atoms with Gasteiger partial charge in [0.05, 0.1) is 0 Å². The summed E-state index contributed by atoms with van der Waals surface area (Å²) in [4.78, 5) is 18.5. The number of hydrogen-bond donors (Lipinski definition) is 0.